The fourth-order valence-electron chi connectivity index (χ4n) is 3.59. The zero-order chi connectivity index (χ0) is 17.9. The summed E-state index contributed by atoms with van der Waals surface area (Å²) in [4.78, 5) is 12.9. The number of aromatic nitrogens is 2. The van der Waals surface area contributed by atoms with E-state index in [1.54, 1.807) is 6.20 Å². The minimum atomic E-state index is -0.0910. The highest BCUT2D eigenvalue weighted by Crippen LogP contribution is 2.32. The molecule has 1 N–H and O–H groups in total. The van der Waals surface area contributed by atoms with E-state index < -0.39 is 0 Å². The number of nitrogens with one attached hydrogen (secondary N) is 1. The van der Waals surface area contributed by atoms with Gasteiger partial charge in [-0.15, -0.1) is 0 Å². The highest BCUT2D eigenvalue weighted by Gasteiger charge is 2.26. The molecule has 1 aliphatic rings. The summed E-state index contributed by atoms with van der Waals surface area (Å²) in [6, 6.07) is 18.2. The third-order valence-electron chi connectivity index (χ3n) is 4.93. The van der Waals surface area contributed by atoms with Crippen LogP contribution in [0.25, 0.3) is 0 Å². The first-order valence-corrected chi connectivity index (χ1v) is 9.65. The minimum Gasteiger partial charge on any atom is -0.310 e. The van der Waals surface area contributed by atoms with Crippen LogP contribution in [0.1, 0.15) is 35.4 Å². The summed E-state index contributed by atoms with van der Waals surface area (Å²) >= 11 is 3.57. The highest BCUT2D eigenvalue weighted by molar-refractivity contribution is 9.10. The van der Waals surface area contributed by atoms with Crippen molar-refractivity contribution in [1.82, 2.24) is 9.78 Å². The molecular weight excluding hydrogens is 390 g/mol. The van der Waals surface area contributed by atoms with Gasteiger partial charge in [-0.25, -0.2) is 4.68 Å². The van der Waals surface area contributed by atoms with E-state index in [1.165, 1.54) is 5.56 Å². The maximum absolute atomic E-state index is 12.9. The number of anilines is 1. The Morgan fingerprint density at radius 2 is 1.96 bits per heavy atom. The maximum Gasteiger partial charge on any atom is 0.233 e. The minimum absolute atomic E-state index is 0.0472. The van der Waals surface area contributed by atoms with Gasteiger partial charge in [0.1, 0.15) is 5.82 Å². The van der Waals surface area contributed by atoms with E-state index in [1.807, 2.05) is 41.1 Å². The first-order chi connectivity index (χ1) is 12.7. The molecule has 2 aromatic carbocycles. The smallest absolute Gasteiger partial charge is 0.233 e. The van der Waals surface area contributed by atoms with E-state index in [2.05, 4.69) is 44.5 Å². The van der Waals surface area contributed by atoms with E-state index in [0.29, 0.717) is 6.54 Å². The van der Waals surface area contributed by atoms with Crippen molar-refractivity contribution in [1.29, 1.82) is 0 Å². The van der Waals surface area contributed by atoms with Crippen LogP contribution in [0.15, 0.2) is 65.3 Å². The second kappa shape index (κ2) is 7.46. The lowest BCUT2D eigenvalue weighted by atomic mass is 9.82. The summed E-state index contributed by atoms with van der Waals surface area (Å²) in [7, 11) is 0. The summed E-state index contributed by atoms with van der Waals surface area (Å²) in [5.74, 6) is 0.687. The Hall–Kier alpha value is -2.40. The molecule has 1 aliphatic carbocycles. The number of halogens is 1. The number of hydrogen-bond acceptors (Lipinski definition) is 2. The molecule has 4 rings (SSSR count). The molecular formula is C21H20BrN3O. The topological polar surface area (TPSA) is 46.9 Å². The van der Waals surface area contributed by atoms with Gasteiger partial charge in [0, 0.05) is 10.5 Å². The van der Waals surface area contributed by atoms with Gasteiger partial charge in [-0.1, -0.05) is 58.4 Å². The summed E-state index contributed by atoms with van der Waals surface area (Å²) in [6.07, 6.45) is 4.72. The van der Waals surface area contributed by atoms with E-state index in [9.17, 15) is 4.79 Å². The second-order valence-electron chi connectivity index (χ2n) is 6.60. The fourth-order valence-corrected chi connectivity index (χ4v) is 4.00. The molecule has 1 atom stereocenters. The molecule has 0 saturated heterocycles. The standard InChI is InChI=1S/C21H20BrN3O/c22-19-11-4-2-7-16(19)14-25-20(12-13-23-25)24-21(26)18-10-5-8-15-6-1-3-9-17(15)18/h1-4,6-7,9,11-13,18H,5,8,10,14H2,(H,24,26). The van der Waals surface area contributed by atoms with Gasteiger partial charge in [-0.3, -0.25) is 4.79 Å². The first kappa shape index (κ1) is 17.0. The normalized spacial score (nSPS) is 16.1. The van der Waals surface area contributed by atoms with Crippen LogP contribution in [-0.4, -0.2) is 15.7 Å². The number of fused-ring (bicyclic) bond motifs is 1. The molecule has 1 heterocycles. The molecule has 1 aromatic heterocycles. The zero-order valence-corrected chi connectivity index (χ0v) is 15.9. The summed E-state index contributed by atoms with van der Waals surface area (Å²) in [6.45, 7) is 0.602. The monoisotopic (exact) mass is 409 g/mol. The van der Waals surface area contributed by atoms with Crippen molar-refractivity contribution in [3.8, 4) is 0 Å². The van der Waals surface area contributed by atoms with E-state index in [-0.39, 0.29) is 11.8 Å². The van der Waals surface area contributed by atoms with Crippen LogP contribution in [0.2, 0.25) is 0 Å². The van der Waals surface area contributed by atoms with Crippen molar-refractivity contribution in [2.24, 2.45) is 0 Å². The molecule has 26 heavy (non-hydrogen) atoms. The lowest BCUT2D eigenvalue weighted by Gasteiger charge is -2.24. The van der Waals surface area contributed by atoms with Crippen LogP contribution >= 0.6 is 15.9 Å². The van der Waals surface area contributed by atoms with Crippen LogP contribution in [0.5, 0.6) is 0 Å². The SMILES string of the molecule is O=C(Nc1ccnn1Cc1ccccc1Br)C1CCCc2ccccc21. The molecule has 5 heteroatoms. The maximum atomic E-state index is 12.9. The van der Waals surface area contributed by atoms with Crippen molar-refractivity contribution < 1.29 is 4.79 Å². The Labute approximate surface area is 161 Å². The Balaban J connectivity index is 1.53. The number of hydrogen-bond donors (Lipinski definition) is 1. The van der Waals surface area contributed by atoms with Crippen molar-refractivity contribution in [3.05, 3.63) is 82.0 Å². The van der Waals surface area contributed by atoms with Gasteiger partial charge >= 0.3 is 0 Å². The second-order valence-corrected chi connectivity index (χ2v) is 7.45. The summed E-state index contributed by atoms with van der Waals surface area (Å²) < 4.78 is 2.86. The predicted molar refractivity (Wildman–Crippen MR) is 106 cm³/mol. The Kier molecular flexibility index (Phi) is 4.89. The molecule has 1 unspecified atom stereocenters. The molecule has 0 bridgehead atoms. The molecule has 0 aliphatic heterocycles. The Morgan fingerprint density at radius 1 is 1.15 bits per heavy atom. The van der Waals surface area contributed by atoms with Crippen LogP contribution in [0.4, 0.5) is 5.82 Å². The van der Waals surface area contributed by atoms with Crippen LogP contribution in [0.3, 0.4) is 0 Å². The average molecular weight is 410 g/mol. The van der Waals surface area contributed by atoms with Gasteiger partial charge < -0.3 is 5.32 Å². The van der Waals surface area contributed by atoms with Crippen molar-refractivity contribution in [2.75, 3.05) is 5.32 Å². The van der Waals surface area contributed by atoms with Crippen LogP contribution in [-0.2, 0) is 17.8 Å². The molecule has 4 nitrogen and oxygen atoms in total. The molecule has 132 valence electrons. The van der Waals surface area contributed by atoms with E-state index >= 15 is 0 Å². The van der Waals surface area contributed by atoms with Gasteiger partial charge in [-0.2, -0.15) is 5.10 Å². The Bertz CT molecular complexity index is 934. The van der Waals surface area contributed by atoms with Crippen LogP contribution < -0.4 is 5.32 Å². The molecule has 0 radical (unpaired) electrons. The third-order valence-corrected chi connectivity index (χ3v) is 5.71. The number of amides is 1. The fraction of sp³-hybridized carbons (Fsp3) is 0.238. The molecule has 3 aromatic rings. The third kappa shape index (κ3) is 3.44. The van der Waals surface area contributed by atoms with Crippen molar-refractivity contribution >= 4 is 27.7 Å². The quantitative estimate of drug-likeness (QED) is 0.675. The zero-order valence-electron chi connectivity index (χ0n) is 14.4. The van der Waals surface area contributed by atoms with Crippen molar-refractivity contribution in [3.63, 3.8) is 0 Å². The molecule has 1 amide bonds. The molecule has 0 fully saturated rings. The Morgan fingerprint density at radius 3 is 2.85 bits per heavy atom. The number of benzene rings is 2. The number of rotatable bonds is 4. The number of carbonyl (C=O) groups excluding carboxylic acids is 1. The number of nitrogens with zero attached hydrogens (tertiary/aromatic N) is 2. The van der Waals surface area contributed by atoms with Gasteiger partial charge in [0.2, 0.25) is 5.91 Å². The number of carbonyl (C=O) groups is 1. The van der Waals surface area contributed by atoms with Gasteiger partial charge in [0.15, 0.2) is 0 Å². The lowest BCUT2D eigenvalue weighted by molar-refractivity contribution is -0.117. The van der Waals surface area contributed by atoms with Crippen LogP contribution in [0, 0.1) is 0 Å². The lowest BCUT2D eigenvalue weighted by Crippen LogP contribution is -2.26. The van der Waals surface area contributed by atoms with Gasteiger partial charge in [0.05, 0.1) is 18.7 Å². The molecule has 0 spiro atoms. The van der Waals surface area contributed by atoms with E-state index in [0.717, 1.165) is 40.7 Å². The highest BCUT2D eigenvalue weighted by atomic mass is 79.9. The van der Waals surface area contributed by atoms with E-state index in [4.69, 9.17) is 0 Å². The summed E-state index contributed by atoms with van der Waals surface area (Å²) in [5.41, 5.74) is 3.57. The molecule has 0 saturated carbocycles. The number of aryl methyl sites for hydroxylation is 1. The largest absolute Gasteiger partial charge is 0.310 e. The summed E-state index contributed by atoms with van der Waals surface area (Å²) in [5, 5.41) is 7.46. The van der Waals surface area contributed by atoms with Gasteiger partial charge in [0.25, 0.3) is 0 Å². The van der Waals surface area contributed by atoms with Crippen molar-refractivity contribution in [2.45, 2.75) is 31.7 Å². The predicted octanol–water partition coefficient (Wildman–Crippen LogP) is 4.75. The van der Waals surface area contributed by atoms with Gasteiger partial charge in [-0.05, 0) is 42.0 Å². The first-order valence-electron chi connectivity index (χ1n) is 8.86. The average Bonchev–Trinajstić information content (AvgIpc) is 3.10.